The first-order valence-corrected chi connectivity index (χ1v) is 7.77. The Hall–Kier alpha value is -1.06. The number of aliphatic hydroxyl groups excluding tert-OH is 1. The van der Waals surface area contributed by atoms with E-state index in [-0.39, 0.29) is 11.3 Å². The summed E-state index contributed by atoms with van der Waals surface area (Å²) in [5, 5.41) is 20.3. The van der Waals surface area contributed by atoms with Crippen LogP contribution >= 0.6 is 0 Å². The molecule has 2 unspecified atom stereocenters. The standard InChI is InChI=1S/C17H27NO2/c1-3-17(2,18-10-5-4-6-11-18)16(20)13-14-8-7-9-15(19)12-14/h7-9,12,16,19-20H,3-6,10-11,13H2,1-2H3. The summed E-state index contributed by atoms with van der Waals surface area (Å²) < 4.78 is 0. The molecule has 1 fully saturated rings. The molecule has 2 rings (SSSR count). The second-order valence-corrected chi connectivity index (χ2v) is 6.15. The monoisotopic (exact) mass is 277 g/mol. The lowest BCUT2D eigenvalue weighted by atomic mass is 9.84. The number of aromatic hydroxyl groups is 1. The van der Waals surface area contributed by atoms with Gasteiger partial charge in [-0.1, -0.05) is 25.5 Å². The number of benzene rings is 1. The van der Waals surface area contributed by atoms with Crippen molar-refractivity contribution >= 4 is 0 Å². The molecule has 0 amide bonds. The summed E-state index contributed by atoms with van der Waals surface area (Å²) in [6.07, 6.45) is 4.89. The number of aliphatic hydroxyl groups is 1. The van der Waals surface area contributed by atoms with E-state index in [1.165, 1.54) is 19.3 Å². The Morgan fingerprint density at radius 1 is 1.25 bits per heavy atom. The first-order valence-electron chi connectivity index (χ1n) is 7.77. The number of phenols is 1. The number of hydrogen-bond acceptors (Lipinski definition) is 3. The molecule has 0 spiro atoms. The Bertz CT molecular complexity index is 429. The highest BCUT2D eigenvalue weighted by atomic mass is 16.3. The van der Waals surface area contributed by atoms with Crippen LogP contribution in [0.15, 0.2) is 24.3 Å². The summed E-state index contributed by atoms with van der Waals surface area (Å²) in [5.74, 6) is 0.269. The first-order chi connectivity index (χ1) is 9.56. The van der Waals surface area contributed by atoms with Crippen molar-refractivity contribution in [1.29, 1.82) is 0 Å². The molecule has 1 aromatic rings. The van der Waals surface area contributed by atoms with E-state index in [4.69, 9.17) is 0 Å². The second-order valence-electron chi connectivity index (χ2n) is 6.15. The molecule has 0 bridgehead atoms. The van der Waals surface area contributed by atoms with E-state index < -0.39 is 6.10 Å². The van der Waals surface area contributed by atoms with Gasteiger partial charge in [0, 0.05) is 12.0 Å². The minimum absolute atomic E-state index is 0.175. The van der Waals surface area contributed by atoms with Crippen LogP contribution in [0.4, 0.5) is 0 Å². The van der Waals surface area contributed by atoms with Gasteiger partial charge >= 0.3 is 0 Å². The smallest absolute Gasteiger partial charge is 0.115 e. The summed E-state index contributed by atoms with van der Waals surface area (Å²) in [6.45, 7) is 6.49. The molecule has 112 valence electrons. The summed E-state index contributed by atoms with van der Waals surface area (Å²) in [6, 6.07) is 7.21. The van der Waals surface area contributed by atoms with E-state index in [0.29, 0.717) is 6.42 Å². The van der Waals surface area contributed by atoms with Crippen molar-refractivity contribution in [1.82, 2.24) is 4.90 Å². The lowest BCUT2D eigenvalue weighted by Gasteiger charge is -2.46. The van der Waals surface area contributed by atoms with Gasteiger partial charge < -0.3 is 10.2 Å². The molecule has 1 aliphatic rings. The molecule has 1 aliphatic heterocycles. The van der Waals surface area contributed by atoms with Gasteiger partial charge in [0.2, 0.25) is 0 Å². The topological polar surface area (TPSA) is 43.7 Å². The van der Waals surface area contributed by atoms with E-state index in [0.717, 1.165) is 25.1 Å². The first kappa shape index (κ1) is 15.3. The second kappa shape index (κ2) is 6.59. The van der Waals surface area contributed by atoms with E-state index >= 15 is 0 Å². The van der Waals surface area contributed by atoms with Gasteiger partial charge in [0.25, 0.3) is 0 Å². The van der Waals surface area contributed by atoms with E-state index in [2.05, 4.69) is 18.7 Å². The van der Waals surface area contributed by atoms with E-state index in [9.17, 15) is 10.2 Å². The van der Waals surface area contributed by atoms with Crippen molar-refractivity contribution in [3.05, 3.63) is 29.8 Å². The summed E-state index contributed by atoms with van der Waals surface area (Å²) >= 11 is 0. The number of piperidine rings is 1. The quantitative estimate of drug-likeness (QED) is 0.869. The predicted octanol–water partition coefficient (Wildman–Crippen LogP) is 2.95. The molecule has 1 heterocycles. The number of hydrogen-bond donors (Lipinski definition) is 2. The number of phenolic OH excluding ortho intramolecular Hbond substituents is 1. The minimum atomic E-state index is -0.410. The van der Waals surface area contributed by atoms with Gasteiger partial charge in [-0.2, -0.15) is 0 Å². The van der Waals surface area contributed by atoms with E-state index in [1.54, 1.807) is 12.1 Å². The summed E-state index contributed by atoms with van der Waals surface area (Å²) in [7, 11) is 0. The number of rotatable bonds is 5. The van der Waals surface area contributed by atoms with Crippen molar-refractivity contribution in [2.24, 2.45) is 0 Å². The molecule has 3 nitrogen and oxygen atoms in total. The number of likely N-dealkylation sites (tertiary alicyclic amines) is 1. The molecular formula is C17H27NO2. The van der Waals surface area contributed by atoms with Crippen molar-refractivity contribution in [2.75, 3.05) is 13.1 Å². The van der Waals surface area contributed by atoms with Gasteiger partial charge in [-0.25, -0.2) is 0 Å². The lowest BCUT2D eigenvalue weighted by Crippen LogP contribution is -2.56. The molecule has 0 aromatic heterocycles. The van der Waals surface area contributed by atoms with Crippen LogP contribution < -0.4 is 0 Å². The van der Waals surface area contributed by atoms with Crippen molar-refractivity contribution in [3.8, 4) is 5.75 Å². The zero-order valence-electron chi connectivity index (χ0n) is 12.7. The van der Waals surface area contributed by atoms with Gasteiger partial charge in [0.05, 0.1) is 6.10 Å². The highest BCUT2D eigenvalue weighted by Gasteiger charge is 2.37. The van der Waals surface area contributed by atoms with Crippen LogP contribution in [0, 0.1) is 0 Å². The fourth-order valence-corrected chi connectivity index (χ4v) is 3.20. The SMILES string of the molecule is CCC(C)(C(O)Cc1cccc(O)c1)N1CCCCC1. The van der Waals surface area contributed by atoms with Gasteiger partial charge in [0.1, 0.15) is 5.75 Å². The Balaban J connectivity index is 2.09. The van der Waals surface area contributed by atoms with Gasteiger partial charge in [-0.05, 0) is 57.0 Å². The van der Waals surface area contributed by atoms with Gasteiger partial charge in [-0.15, -0.1) is 0 Å². The van der Waals surface area contributed by atoms with Crippen LogP contribution in [0.3, 0.4) is 0 Å². The summed E-state index contributed by atoms with van der Waals surface area (Å²) in [4.78, 5) is 2.45. The maximum atomic E-state index is 10.7. The van der Waals surface area contributed by atoms with E-state index in [1.807, 2.05) is 12.1 Å². The predicted molar refractivity (Wildman–Crippen MR) is 81.9 cm³/mol. The molecule has 1 aromatic carbocycles. The molecule has 20 heavy (non-hydrogen) atoms. The maximum absolute atomic E-state index is 10.7. The zero-order valence-corrected chi connectivity index (χ0v) is 12.7. The lowest BCUT2D eigenvalue weighted by molar-refractivity contribution is -0.0328. The summed E-state index contributed by atoms with van der Waals surface area (Å²) in [5.41, 5.74) is 0.820. The Morgan fingerprint density at radius 2 is 1.95 bits per heavy atom. The van der Waals surface area contributed by atoms with Crippen molar-refractivity contribution in [3.63, 3.8) is 0 Å². The molecule has 2 N–H and O–H groups in total. The Labute approximate surface area is 122 Å². The highest BCUT2D eigenvalue weighted by molar-refractivity contribution is 5.28. The minimum Gasteiger partial charge on any atom is -0.508 e. The fraction of sp³-hybridized carbons (Fsp3) is 0.647. The van der Waals surface area contributed by atoms with Gasteiger partial charge in [-0.3, -0.25) is 4.90 Å². The molecule has 3 heteroatoms. The van der Waals surface area contributed by atoms with Crippen LogP contribution in [0.5, 0.6) is 5.75 Å². The van der Waals surface area contributed by atoms with Crippen molar-refractivity contribution in [2.45, 2.75) is 57.6 Å². The van der Waals surface area contributed by atoms with Crippen LogP contribution in [0.2, 0.25) is 0 Å². The normalized spacial score (nSPS) is 21.4. The molecule has 1 saturated heterocycles. The Kier molecular flexibility index (Phi) is 5.06. The van der Waals surface area contributed by atoms with Gasteiger partial charge in [0.15, 0.2) is 0 Å². The average molecular weight is 277 g/mol. The highest BCUT2D eigenvalue weighted by Crippen LogP contribution is 2.29. The average Bonchev–Trinajstić information content (AvgIpc) is 2.47. The number of nitrogens with zero attached hydrogens (tertiary/aromatic N) is 1. The fourth-order valence-electron chi connectivity index (χ4n) is 3.20. The maximum Gasteiger partial charge on any atom is 0.115 e. The Morgan fingerprint density at radius 3 is 2.55 bits per heavy atom. The van der Waals surface area contributed by atoms with Crippen LogP contribution in [0.1, 0.15) is 45.1 Å². The third kappa shape index (κ3) is 3.33. The van der Waals surface area contributed by atoms with Crippen molar-refractivity contribution < 1.29 is 10.2 Å². The molecule has 2 atom stereocenters. The van der Waals surface area contributed by atoms with Crippen LogP contribution in [-0.4, -0.2) is 39.8 Å². The molecule has 0 radical (unpaired) electrons. The van der Waals surface area contributed by atoms with Crippen LogP contribution in [0.25, 0.3) is 0 Å². The zero-order chi connectivity index (χ0) is 14.6. The molecular weight excluding hydrogens is 250 g/mol. The molecule has 0 saturated carbocycles. The third-order valence-electron chi connectivity index (χ3n) is 4.85. The third-order valence-corrected chi connectivity index (χ3v) is 4.85. The largest absolute Gasteiger partial charge is 0.508 e. The molecule has 0 aliphatic carbocycles. The van der Waals surface area contributed by atoms with Crippen LogP contribution in [-0.2, 0) is 6.42 Å².